The second kappa shape index (κ2) is 8.39. The molecule has 0 fully saturated rings. The highest BCUT2D eigenvalue weighted by Crippen LogP contribution is 2.38. The molecule has 2 N–H and O–H groups in total. The number of carbonyl (C=O) groups is 1. The van der Waals surface area contributed by atoms with E-state index in [2.05, 4.69) is 27.0 Å². The first-order valence-corrected chi connectivity index (χ1v) is 10.8. The first kappa shape index (κ1) is 20.3. The van der Waals surface area contributed by atoms with Gasteiger partial charge in [-0.2, -0.15) is 0 Å². The number of rotatable bonds is 5. The number of thioether (sulfide) groups is 1. The summed E-state index contributed by atoms with van der Waals surface area (Å²) in [5, 5.41) is 11.9. The summed E-state index contributed by atoms with van der Waals surface area (Å²) in [6.07, 6.45) is 0.745. The van der Waals surface area contributed by atoms with E-state index in [1.54, 1.807) is 7.11 Å². The van der Waals surface area contributed by atoms with Gasteiger partial charge in [0.15, 0.2) is 5.82 Å². The molecule has 0 radical (unpaired) electrons. The molecule has 2 aromatic carbocycles. The fraction of sp³-hybridized carbons (Fsp3) is 0.318. The molecule has 0 saturated carbocycles. The van der Waals surface area contributed by atoms with E-state index in [0.717, 1.165) is 40.4 Å². The molecule has 1 amide bonds. The van der Waals surface area contributed by atoms with Crippen molar-refractivity contribution in [1.82, 2.24) is 14.9 Å². The third-order valence-corrected chi connectivity index (χ3v) is 6.41. The lowest BCUT2D eigenvalue weighted by atomic mass is 10.0. The minimum Gasteiger partial charge on any atom is -0.497 e. The van der Waals surface area contributed by atoms with Crippen molar-refractivity contribution in [2.45, 2.75) is 43.6 Å². The quantitative estimate of drug-likeness (QED) is 0.649. The summed E-state index contributed by atoms with van der Waals surface area (Å²) in [7, 11) is 1.64. The van der Waals surface area contributed by atoms with E-state index in [1.807, 2.05) is 61.8 Å². The van der Waals surface area contributed by atoms with E-state index in [-0.39, 0.29) is 11.9 Å². The van der Waals surface area contributed by atoms with Gasteiger partial charge in [-0.05, 0) is 43.2 Å². The molecule has 0 bridgehead atoms. The van der Waals surface area contributed by atoms with Crippen LogP contribution in [0.25, 0.3) is 0 Å². The molecule has 8 heteroatoms. The lowest BCUT2D eigenvalue weighted by Crippen LogP contribution is -2.41. The van der Waals surface area contributed by atoms with Crippen molar-refractivity contribution < 1.29 is 9.53 Å². The maximum absolute atomic E-state index is 13.3. The van der Waals surface area contributed by atoms with Crippen molar-refractivity contribution in [3.63, 3.8) is 0 Å². The Morgan fingerprint density at radius 1 is 1.20 bits per heavy atom. The number of fused-ring (bicyclic) bond motifs is 1. The summed E-state index contributed by atoms with van der Waals surface area (Å²) < 4.78 is 7.17. The van der Waals surface area contributed by atoms with Gasteiger partial charge in [0.1, 0.15) is 11.0 Å². The Labute approximate surface area is 180 Å². The van der Waals surface area contributed by atoms with Crippen molar-refractivity contribution in [3.8, 4) is 5.75 Å². The maximum atomic E-state index is 13.3. The van der Waals surface area contributed by atoms with Gasteiger partial charge >= 0.3 is 0 Å². The Morgan fingerprint density at radius 2 is 1.97 bits per heavy atom. The van der Waals surface area contributed by atoms with Crippen LogP contribution in [0.15, 0.2) is 47.6 Å². The van der Waals surface area contributed by atoms with Crippen LogP contribution in [0.1, 0.15) is 35.5 Å². The number of amides is 1. The fourth-order valence-corrected chi connectivity index (χ4v) is 4.65. The summed E-state index contributed by atoms with van der Waals surface area (Å²) in [5.41, 5.74) is 7.47. The molecule has 1 aliphatic rings. The number of aromatic nitrogens is 3. The summed E-state index contributed by atoms with van der Waals surface area (Å²) in [4.78, 5) is 13.3. The lowest BCUT2D eigenvalue weighted by molar-refractivity contribution is -0.116. The number of methoxy groups -OCH3 is 1. The SMILES string of the molecule is CCc1nnc2n1N[C@@H](c1ccc(OC)cc1)[C@H](C(=O)Nc1ccc(C)cc1C)S2. The molecule has 7 nitrogen and oxygen atoms in total. The van der Waals surface area contributed by atoms with Gasteiger partial charge in [-0.25, -0.2) is 4.68 Å². The van der Waals surface area contributed by atoms with E-state index in [0.29, 0.717) is 5.16 Å². The van der Waals surface area contributed by atoms with Gasteiger partial charge in [0.25, 0.3) is 0 Å². The number of benzene rings is 2. The lowest BCUT2D eigenvalue weighted by Gasteiger charge is -2.33. The Morgan fingerprint density at radius 3 is 2.63 bits per heavy atom. The molecule has 30 heavy (non-hydrogen) atoms. The standard InChI is InChI=1S/C22H25N5O2S/c1-5-18-24-25-22-27(18)26-19(15-7-9-16(29-4)10-8-15)20(30-22)21(28)23-17-11-6-13(2)12-14(17)3/h6-12,19-20,26H,5H2,1-4H3,(H,23,28)/t19-,20+/m0/s1. The Balaban J connectivity index is 1.67. The third-order valence-electron chi connectivity index (χ3n) is 5.19. The zero-order chi connectivity index (χ0) is 21.3. The molecule has 3 aromatic rings. The van der Waals surface area contributed by atoms with Crippen LogP contribution in [0.5, 0.6) is 5.75 Å². The molecule has 156 valence electrons. The Hall–Kier alpha value is -3.00. The highest BCUT2D eigenvalue weighted by Gasteiger charge is 2.37. The molecular weight excluding hydrogens is 398 g/mol. The molecule has 0 spiro atoms. The Kier molecular flexibility index (Phi) is 5.67. The van der Waals surface area contributed by atoms with E-state index < -0.39 is 5.25 Å². The van der Waals surface area contributed by atoms with Crippen LogP contribution in [0.2, 0.25) is 0 Å². The minimum absolute atomic E-state index is 0.0763. The second-order valence-electron chi connectivity index (χ2n) is 7.31. The first-order valence-electron chi connectivity index (χ1n) is 9.89. The topological polar surface area (TPSA) is 81.1 Å². The molecule has 4 rings (SSSR count). The Bertz CT molecular complexity index is 1060. The van der Waals surface area contributed by atoms with Crippen molar-refractivity contribution in [1.29, 1.82) is 0 Å². The van der Waals surface area contributed by atoms with Crippen LogP contribution in [0.4, 0.5) is 5.69 Å². The van der Waals surface area contributed by atoms with Crippen molar-refractivity contribution in [3.05, 3.63) is 65.0 Å². The first-order chi connectivity index (χ1) is 14.5. The predicted octanol–water partition coefficient (Wildman–Crippen LogP) is 3.86. The molecule has 2 atom stereocenters. The summed E-state index contributed by atoms with van der Waals surface area (Å²) >= 11 is 1.43. The van der Waals surface area contributed by atoms with Gasteiger partial charge in [-0.1, -0.05) is 48.5 Å². The van der Waals surface area contributed by atoms with Crippen LogP contribution >= 0.6 is 11.8 Å². The largest absolute Gasteiger partial charge is 0.497 e. The summed E-state index contributed by atoms with van der Waals surface area (Å²) in [6, 6.07) is 13.5. The van der Waals surface area contributed by atoms with E-state index in [9.17, 15) is 4.79 Å². The zero-order valence-electron chi connectivity index (χ0n) is 17.5. The predicted molar refractivity (Wildman–Crippen MR) is 119 cm³/mol. The minimum atomic E-state index is -0.416. The second-order valence-corrected chi connectivity index (χ2v) is 8.42. The number of hydrogen-bond donors (Lipinski definition) is 2. The van der Waals surface area contributed by atoms with Crippen molar-refractivity contribution >= 4 is 23.4 Å². The van der Waals surface area contributed by atoms with Crippen molar-refractivity contribution in [2.75, 3.05) is 17.9 Å². The van der Waals surface area contributed by atoms with Gasteiger partial charge in [0.05, 0.1) is 13.2 Å². The fourth-order valence-electron chi connectivity index (χ4n) is 3.55. The average molecular weight is 424 g/mol. The molecule has 0 aliphatic carbocycles. The smallest absolute Gasteiger partial charge is 0.240 e. The number of anilines is 1. The molecule has 0 unspecified atom stereocenters. The van der Waals surface area contributed by atoms with Crippen LogP contribution in [-0.4, -0.2) is 33.1 Å². The van der Waals surface area contributed by atoms with Gasteiger partial charge in [-0.3, -0.25) is 4.79 Å². The van der Waals surface area contributed by atoms with Crippen LogP contribution in [0.3, 0.4) is 0 Å². The van der Waals surface area contributed by atoms with Gasteiger partial charge in [0, 0.05) is 12.1 Å². The highest BCUT2D eigenvalue weighted by atomic mass is 32.2. The molecule has 1 aromatic heterocycles. The summed E-state index contributed by atoms with van der Waals surface area (Å²) in [6.45, 7) is 6.07. The van der Waals surface area contributed by atoms with Crippen LogP contribution < -0.4 is 15.5 Å². The molecule has 1 aliphatic heterocycles. The van der Waals surface area contributed by atoms with Gasteiger partial charge in [-0.15, -0.1) is 10.2 Å². The molecule has 2 heterocycles. The number of nitrogens with one attached hydrogen (secondary N) is 2. The highest BCUT2D eigenvalue weighted by molar-refractivity contribution is 8.00. The number of nitrogens with zero attached hydrogens (tertiary/aromatic N) is 3. The van der Waals surface area contributed by atoms with E-state index in [1.165, 1.54) is 11.8 Å². The van der Waals surface area contributed by atoms with E-state index in [4.69, 9.17) is 4.74 Å². The summed E-state index contributed by atoms with van der Waals surface area (Å²) in [5.74, 6) is 1.54. The number of ether oxygens (including phenoxy) is 1. The van der Waals surface area contributed by atoms with Crippen LogP contribution in [0, 0.1) is 13.8 Å². The van der Waals surface area contributed by atoms with Crippen LogP contribution in [-0.2, 0) is 11.2 Å². The third kappa shape index (κ3) is 3.87. The average Bonchev–Trinajstić information content (AvgIpc) is 3.17. The normalized spacial score (nSPS) is 17.7. The van der Waals surface area contributed by atoms with Gasteiger partial charge < -0.3 is 15.5 Å². The molecular formula is C22H25N5O2S. The number of hydrogen-bond acceptors (Lipinski definition) is 6. The van der Waals surface area contributed by atoms with Crippen molar-refractivity contribution in [2.24, 2.45) is 0 Å². The maximum Gasteiger partial charge on any atom is 0.240 e. The van der Waals surface area contributed by atoms with Gasteiger partial charge in [0.2, 0.25) is 11.1 Å². The number of aryl methyl sites for hydroxylation is 3. The van der Waals surface area contributed by atoms with E-state index >= 15 is 0 Å². The monoisotopic (exact) mass is 423 g/mol. The molecule has 0 saturated heterocycles. The number of carbonyl (C=O) groups excluding carboxylic acids is 1. The zero-order valence-corrected chi connectivity index (χ0v) is 18.3.